The molecule has 1 heterocycles. The van der Waals surface area contributed by atoms with Crippen molar-refractivity contribution in [2.45, 2.75) is 6.92 Å². The number of nitrogens with two attached hydrogens (primary N) is 1. The summed E-state index contributed by atoms with van der Waals surface area (Å²) in [5.74, 6) is -0.352. The lowest BCUT2D eigenvalue weighted by atomic mass is 10.0. The molecule has 0 aliphatic carbocycles. The number of nitrogen functional groups attached to an aromatic ring is 1. The highest BCUT2D eigenvalue weighted by molar-refractivity contribution is 5.76. The van der Waals surface area contributed by atoms with Gasteiger partial charge in [0.25, 0.3) is 0 Å². The van der Waals surface area contributed by atoms with Gasteiger partial charge >= 0.3 is 0 Å². The first-order chi connectivity index (χ1) is 7.18. The Balaban J connectivity index is 2.64. The number of pyridine rings is 1. The molecule has 0 bridgehead atoms. The number of aryl methyl sites for hydroxylation is 1. The molecule has 76 valence electrons. The van der Waals surface area contributed by atoms with Crippen LogP contribution in [0.1, 0.15) is 5.56 Å². The number of anilines is 1. The second-order valence-corrected chi connectivity index (χ2v) is 3.45. The molecule has 0 atom stereocenters. The predicted molar refractivity (Wildman–Crippen MR) is 58.8 cm³/mol. The van der Waals surface area contributed by atoms with Gasteiger partial charge in [-0.05, 0) is 25.1 Å². The number of nitrogens with zero attached hydrogens (tertiary/aromatic N) is 1. The quantitative estimate of drug-likeness (QED) is 0.722. The minimum atomic E-state index is -0.352. The number of benzene rings is 1. The Morgan fingerprint density at radius 2 is 2.00 bits per heavy atom. The van der Waals surface area contributed by atoms with Crippen LogP contribution in [-0.2, 0) is 0 Å². The molecule has 2 aromatic rings. The van der Waals surface area contributed by atoms with Gasteiger partial charge in [-0.2, -0.15) is 0 Å². The van der Waals surface area contributed by atoms with Gasteiger partial charge in [-0.15, -0.1) is 0 Å². The van der Waals surface area contributed by atoms with Crippen molar-refractivity contribution < 1.29 is 4.39 Å². The van der Waals surface area contributed by atoms with Gasteiger partial charge in [0.15, 0.2) is 0 Å². The summed E-state index contributed by atoms with van der Waals surface area (Å²) in [6, 6.07) is 7.18. The van der Waals surface area contributed by atoms with Gasteiger partial charge in [-0.1, -0.05) is 11.6 Å². The van der Waals surface area contributed by atoms with Crippen molar-refractivity contribution >= 4 is 5.69 Å². The van der Waals surface area contributed by atoms with Gasteiger partial charge in [-0.25, -0.2) is 4.39 Å². The zero-order valence-electron chi connectivity index (χ0n) is 8.37. The Kier molecular flexibility index (Phi) is 2.37. The van der Waals surface area contributed by atoms with E-state index in [9.17, 15) is 4.39 Å². The maximum atomic E-state index is 13.5. The average Bonchev–Trinajstić information content (AvgIpc) is 2.23. The molecule has 0 saturated heterocycles. The van der Waals surface area contributed by atoms with Gasteiger partial charge < -0.3 is 5.73 Å². The van der Waals surface area contributed by atoms with Crippen LogP contribution in [-0.4, -0.2) is 4.98 Å². The van der Waals surface area contributed by atoms with E-state index >= 15 is 0 Å². The molecular formula is C12H11FN2. The number of rotatable bonds is 1. The molecule has 0 spiro atoms. The molecule has 15 heavy (non-hydrogen) atoms. The zero-order chi connectivity index (χ0) is 10.8. The van der Waals surface area contributed by atoms with Gasteiger partial charge in [-0.3, -0.25) is 4.98 Å². The van der Waals surface area contributed by atoms with Crippen LogP contribution >= 0.6 is 0 Å². The maximum absolute atomic E-state index is 13.5. The lowest BCUT2D eigenvalue weighted by Gasteiger charge is -2.07. The van der Waals surface area contributed by atoms with E-state index in [0.29, 0.717) is 11.3 Å². The highest BCUT2D eigenvalue weighted by Gasteiger charge is 2.07. The molecule has 3 heteroatoms. The summed E-state index contributed by atoms with van der Waals surface area (Å²) >= 11 is 0. The minimum Gasteiger partial charge on any atom is -0.398 e. The van der Waals surface area contributed by atoms with Gasteiger partial charge in [0.2, 0.25) is 0 Å². The summed E-state index contributed by atoms with van der Waals surface area (Å²) < 4.78 is 13.5. The Morgan fingerprint density at radius 1 is 1.20 bits per heavy atom. The fourth-order valence-corrected chi connectivity index (χ4v) is 1.50. The van der Waals surface area contributed by atoms with E-state index in [1.807, 2.05) is 19.1 Å². The van der Waals surface area contributed by atoms with Crippen LogP contribution in [0.5, 0.6) is 0 Å². The largest absolute Gasteiger partial charge is 0.398 e. The van der Waals surface area contributed by atoms with E-state index in [1.54, 1.807) is 18.3 Å². The SMILES string of the molecule is Cc1ccc(N)c(-c2ccncc2F)c1. The second kappa shape index (κ2) is 3.69. The van der Waals surface area contributed by atoms with Crippen molar-refractivity contribution in [3.63, 3.8) is 0 Å². The third kappa shape index (κ3) is 1.81. The Hall–Kier alpha value is -1.90. The van der Waals surface area contributed by atoms with Crippen LogP contribution in [0.2, 0.25) is 0 Å². The Morgan fingerprint density at radius 3 is 2.73 bits per heavy atom. The van der Waals surface area contributed by atoms with Crippen molar-refractivity contribution in [1.82, 2.24) is 4.98 Å². The second-order valence-electron chi connectivity index (χ2n) is 3.45. The molecule has 0 radical (unpaired) electrons. The van der Waals surface area contributed by atoms with E-state index < -0.39 is 0 Å². The zero-order valence-corrected chi connectivity index (χ0v) is 8.37. The summed E-state index contributed by atoms with van der Waals surface area (Å²) in [6.45, 7) is 1.95. The lowest BCUT2D eigenvalue weighted by molar-refractivity contribution is 0.625. The fraction of sp³-hybridized carbons (Fsp3) is 0.0833. The predicted octanol–water partition coefficient (Wildman–Crippen LogP) is 2.78. The molecule has 1 aromatic heterocycles. The summed E-state index contributed by atoms with van der Waals surface area (Å²) in [5, 5.41) is 0. The van der Waals surface area contributed by atoms with Gasteiger partial charge in [0, 0.05) is 23.0 Å². The fourth-order valence-electron chi connectivity index (χ4n) is 1.50. The first-order valence-corrected chi connectivity index (χ1v) is 4.64. The van der Waals surface area contributed by atoms with E-state index in [2.05, 4.69) is 4.98 Å². The van der Waals surface area contributed by atoms with E-state index in [4.69, 9.17) is 5.73 Å². The number of hydrogen-bond donors (Lipinski definition) is 1. The van der Waals surface area contributed by atoms with Crippen molar-refractivity contribution in [2.24, 2.45) is 0 Å². The van der Waals surface area contributed by atoms with Crippen molar-refractivity contribution in [3.05, 3.63) is 48.0 Å². The van der Waals surface area contributed by atoms with Crippen molar-refractivity contribution in [1.29, 1.82) is 0 Å². The monoisotopic (exact) mass is 202 g/mol. The molecule has 1 aromatic carbocycles. The molecule has 0 fully saturated rings. The number of halogens is 1. The highest BCUT2D eigenvalue weighted by atomic mass is 19.1. The van der Waals surface area contributed by atoms with Crippen LogP contribution in [0, 0.1) is 12.7 Å². The van der Waals surface area contributed by atoms with Crippen LogP contribution in [0.4, 0.5) is 10.1 Å². The molecule has 2 rings (SSSR count). The molecule has 0 unspecified atom stereocenters. The van der Waals surface area contributed by atoms with Gasteiger partial charge in [0.05, 0.1) is 6.20 Å². The van der Waals surface area contributed by atoms with Crippen LogP contribution in [0.15, 0.2) is 36.7 Å². The molecule has 0 aliphatic heterocycles. The van der Waals surface area contributed by atoms with E-state index in [0.717, 1.165) is 11.1 Å². The molecule has 0 amide bonds. The third-order valence-corrected chi connectivity index (χ3v) is 2.27. The maximum Gasteiger partial charge on any atom is 0.149 e. The number of aromatic nitrogens is 1. The van der Waals surface area contributed by atoms with E-state index in [-0.39, 0.29) is 5.82 Å². The first kappa shape index (κ1) is 9.65. The normalized spacial score (nSPS) is 10.3. The summed E-state index contributed by atoms with van der Waals surface area (Å²) in [7, 11) is 0. The topological polar surface area (TPSA) is 38.9 Å². The third-order valence-electron chi connectivity index (χ3n) is 2.27. The van der Waals surface area contributed by atoms with Crippen molar-refractivity contribution in [3.8, 4) is 11.1 Å². The molecule has 0 saturated carbocycles. The summed E-state index contributed by atoms with van der Waals surface area (Å²) in [5.41, 5.74) is 8.64. The van der Waals surface area contributed by atoms with Gasteiger partial charge in [0.1, 0.15) is 5.82 Å². The van der Waals surface area contributed by atoms with Crippen LogP contribution in [0.25, 0.3) is 11.1 Å². The smallest absolute Gasteiger partial charge is 0.149 e. The Bertz CT molecular complexity index is 495. The average molecular weight is 202 g/mol. The summed E-state index contributed by atoms with van der Waals surface area (Å²) in [6.07, 6.45) is 2.75. The molecule has 0 aliphatic rings. The first-order valence-electron chi connectivity index (χ1n) is 4.64. The number of hydrogen-bond acceptors (Lipinski definition) is 2. The van der Waals surface area contributed by atoms with Crippen molar-refractivity contribution in [2.75, 3.05) is 5.73 Å². The van der Waals surface area contributed by atoms with E-state index in [1.165, 1.54) is 6.20 Å². The minimum absolute atomic E-state index is 0.352. The molecular weight excluding hydrogens is 191 g/mol. The highest BCUT2D eigenvalue weighted by Crippen LogP contribution is 2.28. The lowest BCUT2D eigenvalue weighted by Crippen LogP contribution is -1.93. The van der Waals surface area contributed by atoms with Crippen LogP contribution in [0.3, 0.4) is 0 Å². The standard InChI is InChI=1S/C12H11FN2/c1-8-2-3-12(14)10(6-8)9-4-5-15-7-11(9)13/h2-7H,14H2,1H3. The van der Waals surface area contributed by atoms with Crippen LogP contribution < -0.4 is 5.73 Å². The molecule has 2 N–H and O–H groups in total. The summed E-state index contributed by atoms with van der Waals surface area (Å²) in [4.78, 5) is 3.71. The Labute approximate surface area is 87.6 Å². The molecule has 2 nitrogen and oxygen atoms in total.